The Morgan fingerprint density at radius 2 is 1.83 bits per heavy atom. The van der Waals surface area contributed by atoms with Gasteiger partial charge in [0.1, 0.15) is 5.75 Å². The van der Waals surface area contributed by atoms with Crippen molar-refractivity contribution in [1.82, 2.24) is 9.78 Å². The second-order valence-electron chi connectivity index (χ2n) is 5.39. The molecule has 0 saturated heterocycles. The van der Waals surface area contributed by atoms with Crippen molar-refractivity contribution in [3.05, 3.63) is 71.5 Å². The summed E-state index contributed by atoms with van der Waals surface area (Å²) in [7, 11) is 0. The molecule has 0 atom stereocenters. The van der Waals surface area contributed by atoms with Crippen molar-refractivity contribution < 1.29 is 9.90 Å². The SMILES string of the molecule is Cc1ccc(O)c(NC(=O)c2cc(C)n(-c3ccccc3)n2)c1. The van der Waals surface area contributed by atoms with Gasteiger partial charge >= 0.3 is 0 Å². The van der Waals surface area contributed by atoms with E-state index in [1.807, 2.05) is 44.2 Å². The maximum atomic E-state index is 12.4. The van der Waals surface area contributed by atoms with Crippen LogP contribution in [-0.4, -0.2) is 20.8 Å². The summed E-state index contributed by atoms with van der Waals surface area (Å²) < 4.78 is 1.71. The Kier molecular flexibility index (Phi) is 3.85. The quantitative estimate of drug-likeness (QED) is 0.728. The molecule has 0 radical (unpaired) electrons. The van der Waals surface area contributed by atoms with Crippen molar-refractivity contribution in [3.63, 3.8) is 0 Å². The topological polar surface area (TPSA) is 67.2 Å². The van der Waals surface area contributed by atoms with Crippen LogP contribution in [0, 0.1) is 13.8 Å². The van der Waals surface area contributed by atoms with E-state index >= 15 is 0 Å². The van der Waals surface area contributed by atoms with Crippen molar-refractivity contribution >= 4 is 11.6 Å². The molecule has 1 aromatic heterocycles. The Morgan fingerprint density at radius 1 is 1.09 bits per heavy atom. The van der Waals surface area contributed by atoms with Gasteiger partial charge in [0.05, 0.1) is 11.4 Å². The predicted molar refractivity (Wildman–Crippen MR) is 89.1 cm³/mol. The molecule has 0 aliphatic carbocycles. The van der Waals surface area contributed by atoms with Crippen LogP contribution in [0.15, 0.2) is 54.6 Å². The Balaban J connectivity index is 1.88. The second-order valence-corrected chi connectivity index (χ2v) is 5.39. The van der Waals surface area contributed by atoms with E-state index in [1.54, 1.807) is 28.9 Å². The van der Waals surface area contributed by atoms with E-state index in [4.69, 9.17) is 0 Å². The Morgan fingerprint density at radius 3 is 2.57 bits per heavy atom. The first kappa shape index (κ1) is 14.8. The molecule has 0 bridgehead atoms. The Hall–Kier alpha value is -3.08. The minimum absolute atomic E-state index is 0.0307. The maximum Gasteiger partial charge on any atom is 0.276 e. The summed E-state index contributed by atoms with van der Waals surface area (Å²) in [5, 5.41) is 16.9. The summed E-state index contributed by atoms with van der Waals surface area (Å²) in [5.41, 5.74) is 3.37. The highest BCUT2D eigenvalue weighted by Crippen LogP contribution is 2.24. The molecule has 0 unspecified atom stereocenters. The molecule has 0 spiro atoms. The van der Waals surface area contributed by atoms with E-state index in [0.29, 0.717) is 11.4 Å². The van der Waals surface area contributed by atoms with E-state index in [9.17, 15) is 9.90 Å². The van der Waals surface area contributed by atoms with Crippen LogP contribution in [0.3, 0.4) is 0 Å². The fourth-order valence-electron chi connectivity index (χ4n) is 2.35. The highest BCUT2D eigenvalue weighted by molar-refractivity contribution is 6.03. The highest BCUT2D eigenvalue weighted by atomic mass is 16.3. The van der Waals surface area contributed by atoms with Gasteiger partial charge in [0, 0.05) is 5.69 Å². The van der Waals surface area contributed by atoms with E-state index in [0.717, 1.165) is 16.9 Å². The first-order chi connectivity index (χ1) is 11.0. The van der Waals surface area contributed by atoms with E-state index in [1.165, 1.54) is 0 Å². The lowest BCUT2D eigenvalue weighted by Gasteiger charge is -2.07. The molecule has 0 aliphatic rings. The maximum absolute atomic E-state index is 12.4. The van der Waals surface area contributed by atoms with Gasteiger partial charge in [-0.2, -0.15) is 5.10 Å². The van der Waals surface area contributed by atoms with Gasteiger partial charge in [-0.1, -0.05) is 24.3 Å². The molecule has 23 heavy (non-hydrogen) atoms. The summed E-state index contributed by atoms with van der Waals surface area (Å²) in [6.07, 6.45) is 0. The lowest BCUT2D eigenvalue weighted by atomic mass is 10.2. The third kappa shape index (κ3) is 3.08. The number of hydrogen-bond donors (Lipinski definition) is 2. The van der Waals surface area contributed by atoms with Crippen LogP contribution < -0.4 is 5.32 Å². The van der Waals surface area contributed by atoms with Crippen molar-refractivity contribution in [3.8, 4) is 11.4 Å². The van der Waals surface area contributed by atoms with Gasteiger partial charge in [-0.25, -0.2) is 4.68 Å². The number of aromatic nitrogens is 2. The van der Waals surface area contributed by atoms with Crippen LogP contribution in [-0.2, 0) is 0 Å². The predicted octanol–water partition coefficient (Wildman–Crippen LogP) is 3.45. The summed E-state index contributed by atoms with van der Waals surface area (Å²) in [6.45, 7) is 3.78. The second kappa shape index (κ2) is 5.96. The molecule has 5 heteroatoms. The first-order valence-electron chi connectivity index (χ1n) is 7.27. The van der Waals surface area contributed by atoms with E-state index in [-0.39, 0.29) is 11.7 Å². The summed E-state index contributed by atoms with van der Waals surface area (Å²) in [4.78, 5) is 12.4. The number of nitrogens with one attached hydrogen (secondary N) is 1. The largest absolute Gasteiger partial charge is 0.506 e. The van der Waals surface area contributed by atoms with Crippen molar-refractivity contribution in [2.45, 2.75) is 13.8 Å². The van der Waals surface area contributed by atoms with Crippen LogP contribution in [0.5, 0.6) is 5.75 Å². The van der Waals surface area contributed by atoms with E-state index < -0.39 is 0 Å². The number of aromatic hydroxyl groups is 1. The monoisotopic (exact) mass is 307 g/mol. The molecule has 2 aromatic carbocycles. The van der Waals surface area contributed by atoms with Crippen molar-refractivity contribution in [2.24, 2.45) is 0 Å². The zero-order valence-electron chi connectivity index (χ0n) is 12.9. The minimum Gasteiger partial charge on any atom is -0.506 e. The molecule has 1 heterocycles. The molecule has 2 N–H and O–H groups in total. The lowest BCUT2D eigenvalue weighted by molar-refractivity contribution is 0.102. The molecule has 1 amide bonds. The van der Waals surface area contributed by atoms with Crippen LogP contribution in [0.4, 0.5) is 5.69 Å². The van der Waals surface area contributed by atoms with Gasteiger partial charge in [-0.05, 0) is 49.7 Å². The standard InChI is InChI=1S/C18H17N3O2/c1-12-8-9-17(22)15(10-12)19-18(23)16-11-13(2)21(20-16)14-6-4-3-5-7-14/h3-11,22H,1-2H3,(H,19,23). The summed E-state index contributed by atoms with van der Waals surface area (Å²) >= 11 is 0. The van der Waals surface area contributed by atoms with Gasteiger partial charge in [-0.3, -0.25) is 4.79 Å². The molecule has 0 saturated carbocycles. The van der Waals surface area contributed by atoms with Gasteiger partial charge in [0.2, 0.25) is 0 Å². The number of nitrogens with zero attached hydrogens (tertiary/aromatic N) is 2. The van der Waals surface area contributed by atoms with Crippen LogP contribution in [0.1, 0.15) is 21.7 Å². The molecule has 0 fully saturated rings. The van der Waals surface area contributed by atoms with E-state index in [2.05, 4.69) is 10.4 Å². The number of phenolic OH excluding ortho intramolecular Hbond substituents is 1. The average molecular weight is 307 g/mol. The summed E-state index contributed by atoms with van der Waals surface area (Å²) in [6, 6.07) is 16.4. The number of carbonyl (C=O) groups excluding carboxylic acids is 1. The number of carbonyl (C=O) groups is 1. The normalized spacial score (nSPS) is 10.5. The Labute approximate surface area is 134 Å². The molecule has 5 nitrogen and oxygen atoms in total. The number of phenols is 1. The number of hydrogen-bond acceptors (Lipinski definition) is 3. The third-order valence-corrected chi connectivity index (χ3v) is 3.52. The van der Waals surface area contributed by atoms with Crippen LogP contribution >= 0.6 is 0 Å². The van der Waals surface area contributed by atoms with Crippen molar-refractivity contribution in [1.29, 1.82) is 0 Å². The zero-order chi connectivity index (χ0) is 16.4. The first-order valence-corrected chi connectivity index (χ1v) is 7.27. The Bertz CT molecular complexity index is 854. The van der Waals surface area contributed by atoms with Crippen LogP contribution in [0.25, 0.3) is 5.69 Å². The van der Waals surface area contributed by atoms with Gasteiger partial charge < -0.3 is 10.4 Å². The van der Waals surface area contributed by atoms with Gasteiger partial charge in [0.15, 0.2) is 5.69 Å². The number of rotatable bonds is 3. The summed E-state index contributed by atoms with van der Waals surface area (Å²) in [5.74, 6) is -0.327. The minimum atomic E-state index is -0.358. The smallest absolute Gasteiger partial charge is 0.276 e. The highest BCUT2D eigenvalue weighted by Gasteiger charge is 2.15. The molecule has 3 rings (SSSR count). The number of anilines is 1. The molecule has 3 aromatic rings. The number of benzene rings is 2. The van der Waals surface area contributed by atoms with Gasteiger partial charge in [0.25, 0.3) is 5.91 Å². The third-order valence-electron chi connectivity index (χ3n) is 3.52. The fourth-order valence-corrected chi connectivity index (χ4v) is 2.35. The lowest BCUT2D eigenvalue weighted by Crippen LogP contribution is -2.13. The molecule has 116 valence electrons. The van der Waals surface area contributed by atoms with Gasteiger partial charge in [-0.15, -0.1) is 0 Å². The number of amides is 1. The molecular weight excluding hydrogens is 290 g/mol. The molecular formula is C18H17N3O2. The number of aryl methyl sites for hydroxylation is 2. The number of para-hydroxylation sites is 1. The average Bonchev–Trinajstić information content (AvgIpc) is 2.94. The zero-order valence-corrected chi connectivity index (χ0v) is 12.9. The molecule has 0 aliphatic heterocycles. The van der Waals surface area contributed by atoms with Crippen molar-refractivity contribution in [2.75, 3.05) is 5.32 Å². The fraction of sp³-hybridized carbons (Fsp3) is 0.111. The van der Waals surface area contributed by atoms with Crippen LogP contribution in [0.2, 0.25) is 0 Å².